The van der Waals surface area contributed by atoms with Crippen LogP contribution in [0.2, 0.25) is 0 Å². The topological polar surface area (TPSA) is 82.8 Å². The van der Waals surface area contributed by atoms with E-state index >= 15 is 4.39 Å². The lowest BCUT2D eigenvalue weighted by Gasteiger charge is -2.38. The lowest BCUT2D eigenvalue weighted by molar-refractivity contribution is 0.0694. The lowest BCUT2D eigenvalue weighted by Crippen LogP contribution is -2.43. The molecule has 0 amide bonds. The third kappa shape index (κ3) is 2.98. The van der Waals surface area contributed by atoms with Crippen LogP contribution in [0.3, 0.4) is 0 Å². The summed E-state index contributed by atoms with van der Waals surface area (Å²) in [6.07, 6.45) is 4.24. The van der Waals surface area contributed by atoms with E-state index in [1.54, 1.807) is 6.92 Å². The predicted octanol–water partition coefficient (Wildman–Crippen LogP) is 3.08. The number of carbonyl (C=O) groups is 1. The van der Waals surface area contributed by atoms with Gasteiger partial charge in [0.1, 0.15) is 11.4 Å². The summed E-state index contributed by atoms with van der Waals surface area (Å²) in [7, 11) is 0. The molecule has 1 aromatic carbocycles. The first-order valence-electron chi connectivity index (χ1n) is 9.87. The number of hydrogen-bond donors (Lipinski definition) is 2. The first-order chi connectivity index (χ1) is 13.3. The Bertz CT molecular complexity index is 1010. The number of carboxylic acid groups (broad SMARTS) is 1. The fourth-order valence-electron chi connectivity index (χ4n) is 4.48. The average Bonchev–Trinajstić information content (AvgIpc) is 3.48. The molecule has 6 nitrogen and oxygen atoms in total. The number of fused-ring (bicyclic) bond motifs is 1. The van der Waals surface area contributed by atoms with Crippen LogP contribution in [0.1, 0.15) is 54.6 Å². The first-order valence-corrected chi connectivity index (χ1v) is 9.87. The summed E-state index contributed by atoms with van der Waals surface area (Å²) in [5.41, 5.74) is 0.761. The number of nitrogens with zero attached hydrogens (tertiary/aromatic N) is 2. The molecule has 2 atom stereocenters. The molecule has 2 fully saturated rings. The van der Waals surface area contributed by atoms with Crippen LogP contribution in [0.5, 0.6) is 0 Å². The molecule has 150 valence electrons. The van der Waals surface area contributed by atoms with Crippen molar-refractivity contribution in [1.82, 2.24) is 4.57 Å². The summed E-state index contributed by atoms with van der Waals surface area (Å²) in [4.78, 5) is 26.2. The van der Waals surface area contributed by atoms with E-state index in [2.05, 4.69) is 0 Å². The molecule has 1 aliphatic heterocycles. The van der Waals surface area contributed by atoms with Crippen LogP contribution in [0.25, 0.3) is 10.9 Å². The van der Waals surface area contributed by atoms with Gasteiger partial charge in [-0.05, 0) is 44.2 Å². The minimum atomic E-state index is -1.29. The zero-order valence-corrected chi connectivity index (χ0v) is 16.1. The summed E-state index contributed by atoms with van der Waals surface area (Å²) in [5, 5.41) is 19.7. The van der Waals surface area contributed by atoms with Crippen molar-refractivity contribution in [3.05, 3.63) is 39.4 Å². The second-order valence-corrected chi connectivity index (χ2v) is 8.01. The number of rotatable bonds is 4. The molecule has 0 bridgehead atoms. The molecule has 1 aromatic heterocycles. The molecule has 7 heteroatoms. The van der Waals surface area contributed by atoms with E-state index in [1.807, 2.05) is 16.4 Å². The van der Waals surface area contributed by atoms with E-state index in [-0.39, 0.29) is 29.0 Å². The molecular formula is C21H25FN2O4. The number of aryl methyl sites for hydroxylation is 1. The normalized spacial score (nSPS) is 22.6. The van der Waals surface area contributed by atoms with Crippen LogP contribution >= 0.6 is 0 Å². The van der Waals surface area contributed by atoms with Crippen molar-refractivity contribution < 1.29 is 19.4 Å². The summed E-state index contributed by atoms with van der Waals surface area (Å²) < 4.78 is 17.0. The SMILES string of the molecule is CC[C@@H]1CN(c2c(F)cc3c(=O)c(C(=O)O)cn(C4CC4)c3c2C)CC[C@H]1O. The van der Waals surface area contributed by atoms with Gasteiger partial charge in [0.15, 0.2) is 0 Å². The van der Waals surface area contributed by atoms with Gasteiger partial charge in [0.05, 0.1) is 17.3 Å². The molecule has 2 heterocycles. The molecule has 4 rings (SSSR count). The highest BCUT2D eigenvalue weighted by atomic mass is 19.1. The number of carboxylic acids is 1. The number of pyridine rings is 1. The van der Waals surface area contributed by atoms with Gasteiger partial charge in [-0.25, -0.2) is 9.18 Å². The van der Waals surface area contributed by atoms with Crippen molar-refractivity contribution in [3.8, 4) is 0 Å². The Hall–Kier alpha value is -2.41. The van der Waals surface area contributed by atoms with Gasteiger partial charge in [0.25, 0.3) is 0 Å². The Morgan fingerprint density at radius 3 is 2.64 bits per heavy atom. The Morgan fingerprint density at radius 1 is 1.32 bits per heavy atom. The molecule has 1 saturated heterocycles. The maximum absolute atomic E-state index is 15.2. The van der Waals surface area contributed by atoms with Crippen molar-refractivity contribution in [2.45, 2.75) is 51.7 Å². The minimum absolute atomic E-state index is 0.0725. The molecule has 2 aliphatic rings. The molecule has 28 heavy (non-hydrogen) atoms. The van der Waals surface area contributed by atoms with Gasteiger partial charge in [0.2, 0.25) is 5.43 Å². The maximum Gasteiger partial charge on any atom is 0.341 e. The number of aliphatic hydroxyl groups is 1. The highest BCUT2D eigenvalue weighted by Crippen LogP contribution is 2.40. The van der Waals surface area contributed by atoms with E-state index in [4.69, 9.17) is 0 Å². The second-order valence-electron chi connectivity index (χ2n) is 8.01. The average molecular weight is 388 g/mol. The summed E-state index contributed by atoms with van der Waals surface area (Å²) in [6, 6.07) is 1.34. The third-order valence-electron chi connectivity index (χ3n) is 6.18. The predicted molar refractivity (Wildman–Crippen MR) is 105 cm³/mol. The number of aliphatic hydroxyl groups excluding tert-OH is 1. The van der Waals surface area contributed by atoms with Crippen molar-refractivity contribution in [2.24, 2.45) is 5.92 Å². The van der Waals surface area contributed by atoms with Crippen molar-refractivity contribution in [3.63, 3.8) is 0 Å². The number of hydrogen-bond acceptors (Lipinski definition) is 4. The van der Waals surface area contributed by atoms with E-state index in [1.165, 1.54) is 12.3 Å². The Labute approximate surface area is 162 Å². The Morgan fingerprint density at radius 2 is 2.04 bits per heavy atom. The third-order valence-corrected chi connectivity index (χ3v) is 6.18. The number of halogens is 1. The van der Waals surface area contributed by atoms with E-state index in [9.17, 15) is 19.8 Å². The van der Waals surface area contributed by atoms with Crippen LogP contribution in [-0.2, 0) is 0 Å². The molecule has 1 aliphatic carbocycles. The zero-order chi connectivity index (χ0) is 20.2. The minimum Gasteiger partial charge on any atom is -0.477 e. The Balaban J connectivity index is 1.93. The largest absolute Gasteiger partial charge is 0.477 e. The summed E-state index contributed by atoms with van der Waals surface area (Å²) >= 11 is 0. The highest BCUT2D eigenvalue weighted by Gasteiger charge is 2.32. The zero-order valence-electron chi connectivity index (χ0n) is 16.1. The summed E-state index contributed by atoms with van der Waals surface area (Å²) in [6.45, 7) is 4.91. The van der Waals surface area contributed by atoms with E-state index in [0.717, 1.165) is 19.3 Å². The lowest BCUT2D eigenvalue weighted by atomic mass is 9.91. The molecule has 2 N–H and O–H groups in total. The quantitative estimate of drug-likeness (QED) is 0.841. The van der Waals surface area contributed by atoms with Crippen molar-refractivity contribution in [2.75, 3.05) is 18.0 Å². The van der Waals surface area contributed by atoms with Gasteiger partial charge < -0.3 is 19.7 Å². The second kappa shape index (κ2) is 6.88. The van der Waals surface area contributed by atoms with Crippen LogP contribution in [0.15, 0.2) is 17.1 Å². The smallest absolute Gasteiger partial charge is 0.341 e. The van der Waals surface area contributed by atoms with Crippen LogP contribution in [0, 0.1) is 18.7 Å². The molecule has 0 radical (unpaired) electrons. The standard InChI is InChI=1S/C21H25FN2O4/c1-3-12-9-23(7-6-17(12)25)19-11(2)18-14(8-16(19)22)20(26)15(21(27)28)10-24(18)13-4-5-13/h8,10,12-13,17,25H,3-7,9H2,1-2H3,(H,27,28)/t12-,17-/m1/s1. The van der Waals surface area contributed by atoms with Gasteiger partial charge >= 0.3 is 5.97 Å². The van der Waals surface area contributed by atoms with Gasteiger partial charge in [0, 0.05) is 36.6 Å². The van der Waals surface area contributed by atoms with Gasteiger partial charge in [-0.15, -0.1) is 0 Å². The van der Waals surface area contributed by atoms with E-state index in [0.29, 0.717) is 36.3 Å². The first kappa shape index (κ1) is 18.9. The number of aromatic nitrogens is 1. The molecule has 2 aromatic rings. The molecular weight excluding hydrogens is 363 g/mol. The number of benzene rings is 1. The van der Waals surface area contributed by atoms with Crippen molar-refractivity contribution in [1.29, 1.82) is 0 Å². The fraction of sp³-hybridized carbons (Fsp3) is 0.524. The number of aromatic carboxylic acids is 1. The van der Waals surface area contributed by atoms with Crippen LogP contribution in [0.4, 0.5) is 10.1 Å². The van der Waals surface area contributed by atoms with Crippen LogP contribution < -0.4 is 10.3 Å². The van der Waals surface area contributed by atoms with Gasteiger partial charge in [-0.3, -0.25) is 4.79 Å². The van der Waals surface area contributed by atoms with Crippen molar-refractivity contribution >= 4 is 22.6 Å². The van der Waals surface area contributed by atoms with Gasteiger partial charge in [-0.1, -0.05) is 6.92 Å². The monoisotopic (exact) mass is 388 g/mol. The Kier molecular flexibility index (Phi) is 4.65. The fourth-order valence-corrected chi connectivity index (χ4v) is 4.48. The highest BCUT2D eigenvalue weighted by molar-refractivity contribution is 5.95. The molecule has 1 saturated carbocycles. The summed E-state index contributed by atoms with van der Waals surface area (Å²) in [5.74, 6) is -1.74. The molecule has 0 unspecified atom stereocenters. The number of piperidine rings is 1. The van der Waals surface area contributed by atoms with E-state index < -0.39 is 17.2 Å². The van der Waals surface area contributed by atoms with Crippen LogP contribution in [-0.4, -0.2) is 39.9 Å². The molecule has 0 spiro atoms. The number of anilines is 1. The maximum atomic E-state index is 15.2. The van der Waals surface area contributed by atoms with Gasteiger partial charge in [-0.2, -0.15) is 0 Å².